The van der Waals surface area contributed by atoms with Crippen LogP contribution in [0, 0.1) is 6.92 Å². The molecular weight excluding hydrogens is 376 g/mol. The van der Waals surface area contributed by atoms with E-state index in [9.17, 15) is 9.59 Å². The Morgan fingerprint density at radius 2 is 1.71 bits per heavy atom. The molecule has 0 aliphatic heterocycles. The predicted molar refractivity (Wildman–Crippen MR) is 109 cm³/mol. The van der Waals surface area contributed by atoms with Crippen molar-refractivity contribution in [3.05, 3.63) is 54.1 Å². The largest absolute Gasteiger partial charge is 0.411 e. The first-order valence-corrected chi connectivity index (χ1v) is 9.54. The highest BCUT2D eigenvalue weighted by molar-refractivity contribution is 8.00. The van der Waals surface area contributed by atoms with Crippen molar-refractivity contribution in [3.8, 4) is 11.5 Å². The molecule has 0 fully saturated rings. The van der Waals surface area contributed by atoms with Crippen molar-refractivity contribution in [1.29, 1.82) is 0 Å². The molecule has 1 heterocycles. The number of amides is 2. The summed E-state index contributed by atoms with van der Waals surface area (Å²) in [6, 6.07) is 14.7. The molecule has 0 bridgehead atoms. The number of aromatic nitrogens is 2. The molecule has 3 rings (SSSR count). The number of hydrogen-bond acceptors (Lipinski definition) is 6. The quantitative estimate of drug-likeness (QED) is 0.608. The highest BCUT2D eigenvalue weighted by atomic mass is 32.2. The van der Waals surface area contributed by atoms with Gasteiger partial charge in [0.25, 0.3) is 5.22 Å². The van der Waals surface area contributed by atoms with Crippen LogP contribution in [0.2, 0.25) is 0 Å². The molecule has 7 nitrogen and oxygen atoms in total. The summed E-state index contributed by atoms with van der Waals surface area (Å²) in [4.78, 5) is 23.5. The minimum absolute atomic E-state index is 0.147. The number of aryl methyl sites for hydroxylation is 1. The highest BCUT2D eigenvalue weighted by Gasteiger charge is 2.19. The average Bonchev–Trinajstić information content (AvgIpc) is 3.11. The molecule has 1 atom stereocenters. The van der Waals surface area contributed by atoms with Crippen LogP contribution in [-0.2, 0) is 9.59 Å². The first-order valence-electron chi connectivity index (χ1n) is 8.66. The smallest absolute Gasteiger partial charge is 0.277 e. The second-order valence-corrected chi connectivity index (χ2v) is 7.54. The zero-order valence-electron chi connectivity index (χ0n) is 15.7. The average molecular weight is 396 g/mol. The first-order chi connectivity index (χ1) is 13.4. The van der Waals surface area contributed by atoms with Crippen molar-refractivity contribution in [2.45, 2.75) is 31.2 Å². The number of thioether (sulfide) groups is 1. The summed E-state index contributed by atoms with van der Waals surface area (Å²) >= 11 is 1.19. The van der Waals surface area contributed by atoms with Gasteiger partial charge < -0.3 is 15.1 Å². The van der Waals surface area contributed by atoms with Crippen molar-refractivity contribution in [1.82, 2.24) is 10.2 Å². The summed E-state index contributed by atoms with van der Waals surface area (Å²) < 4.78 is 5.67. The molecule has 0 spiro atoms. The van der Waals surface area contributed by atoms with E-state index in [-0.39, 0.29) is 11.8 Å². The molecule has 144 valence electrons. The summed E-state index contributed by atoms with van der Waals surface area (Å²) in [5.74, 6) is 0.0892. The molecule has 28 heavy (non-hydrogen) atoms. The summed E-state index contributed by atoms with van der Waals surface area (Å²) in [7, 11) is 0. The molecule has 1 aromatic heterocycles. The van der Waals surface area contributed by atoms with Gasteiger partial charge in [-0.05, 0) is 50.2 Å². The summed E-state index contributed by atoms with van der Waals surface area (Å²) in [5.41, 5.74) is 3.25. The molecule has 2 aromatic carbocycles. The van der Waals surface area contributed by atoms with Crippen LogP contribution in [-0.4, -0.2) is 27.3 Å². The van der Waals surface area contributed by atoms with Crippen LogP contribution in [0.25, 0.3) is 11.5 Å². The highest BCUT2D eigenvalue weighted by Crippen LogP contribution is 2.27. The lowest BCUT2D eigenvalue weighted by Crippen LogP contribution is -2.22. The van der Waals surface area contributed by atoms with E-state index in [4.69, 9.17) is 4.42 Å². The summed E-state index contributed by atoms with van der Waals surface area (Å²) in [6.45, 7) is 5.20. The predicted octanol–water partition coefficient (Wildman–Crippen LogP) is 4.12. The minimum Gasteiger partial charge on any atom is -0.411 e. The van der Waals surface area contributed by atoms with Crippen LogP contribution < -0.4 is 10.6 Å². The molecule has 2 amide bonds. The lowest BCUT2D eigenvalue weighted by Gasteiger charge is -2.10. The Labute approximate surface area is 166 Å². The van der Waals surface area contributed by atoms with Gasteiger partial charge in [0.1, 0.15) is 0 Å². The Kier molecular flexibility index (Phi) is 6.10. The standard InChI is InChI=1S/C20H20N4O3S/c1-12-5-4-6-15(11-12)19-23-24-20(27-19)28-13(2)18(26)22-17-9-7-16(8-10-17)21-14(3)25/h4-11,13H,1-3H3,(H,21,25)(H,22,26)/t13-/m1/s1. The Morgan fingerprint density at radius 1 is 1.04 bits per heavy atom. The molecule has 3 aromatic rings. The third-order valence-electron chi connectivity index (χ3n) is 3.79. The Bertz CT molecular complexity index is 985. The Morgan fingerprint density at radius 3 is 2.36 bits per heavy atom. The van der Waals surface area contributed by atoms with Crippen molar-refractivity contribution in [2.24, 2.45) is 0 Å². The van der Waals surface area contributed by atoms with Crippen molar-refractivity contribution in [2.75, 3.05) is 10.6 Å². The van der Waals surface area contributed by atoms with Crippen LogP contribution in [0.5, 0.6) is 0 Å². The maximum atomic E-state index is 12.4. The number of anilines is 2. The second kappa shape index (κ2) is 8.71. The van der Waals surface area contributed by atoms with Gasteiger partial charge in [-0.1, -0.05) is 29.5 Å². The van der Waals surface area contributed by atoms with E-state index in [0.717, 1.165) is 11.1 Å². The van der Waals surface area contributed by atoms with Gasteiger partial charge in [0.2, 0.25) is 17.7 Å². The molecule has 2 N–H and O–H groups in total. The van der Waals surface area contributed by atoms with Gasteiger partial charge in [-0.15, -0.1) is 10.2 Å². The third-order valence-corrected chi connectivity index (χ3v) is 4.73. The molecule has 0 unspecified atom stereocenters. The minimum atomic E-state index is -0.430. The molecule has 8 heteroatoms. The number of nitrogens with zero attached hydrogens (tertiary/aromatic N) is 2. The van der Waals surface area contributed by atoms with Gasteiger partial charge in [-0.2, -0.15) is 0 Å². The summed E-state index contributed by atoms with van der Waals surface area (Å²) in [5, 5.41) is 13.5. The Hall–Kier alpha value is -3.13. The summed E-state index contributed by atoms with van der Waals surface area (Å²) in [6.07, 6.45) is 0. The number of rotatable bonds is 6. The maximum Gasteiger partial charge on any atom is 0.277 e. The number of hydrogen-bond donors (Lipinski definition) is 2. The van der Waals surface area contributed by atoms with Crippen molar-refractivity contribution in [3.63, 3.8) is 0 Å². The van der Waals surface area contributed by atoms with Crippen LogP contribution in [0.4, 0.5) is 11.4 Å². The van der Waals surface area contributed by atoms with Gasteiger partial charge in [0.05, 0.1) is 5.25 Å². The van der Waals surface area contributed by atoms with E-state index in [1.54, 1.807) is 31.2 Å². The lowest BCUT2D eigenvalue weighted by atomic mass is 10.1. The van der Waals surface area contributed by atoms with Gasteiger partial charge in [0, 0.05) is 23.9 Å². The number of nitrogens with one attached hydrogen (secondary N) is 2. The Balaban J connectivity index is 1.59. The molecule has 0 aliphatic rings. The van der Waals surface area contributed by atoms with E-state index in [2.05, 4.69) is 20.8 Å². The van der Waals surface area contributed by atoms with Crippen molar-refractivity contribution >= 4 is 35.0 Å². The van der Waals surface area contributed by atoms with Gasteiger partial charge in [-0.3, -0.25) is 9.59 Å². The zero-order valence-corrected chi connectivity index (χ0v) is 16.5. The topological polar surface area (TPSA) is 97.1 Å². The maximum absolute atomic E-state index is 12.4. The molecule has 0 saturated carbocycles. The monoisotopic (exact) mass is 396 g/mol. The third kappa shape index (κ3) is 5.20. The van der Waals surface area contributed by atoms with Gasteiger partial charge in [-0.25, -0.2) is 0 Å². The fourth-order valence-electron chi connectivity index (χ4n) is 2.44. The number of benzene rings is 2. The molecule has 0 saturated heterocycles. The van der Waals surface area contributed by atoms with E-state index >= 15 is 0 Å². The van der Waals surface area contributed by atoms with E-state index < -0.39 is 5.25 Å². The van der Waals surface area contributed by atoms with Crippen LogP contribution in [0.1, 0.15) is 19.4 Å². The molecule has 0 radical (unpaired) electrons. The van der Waals surface area contributed by atoms with Gasteiger partial charge >= 0.3 is 0 Å². The van der Waals surface area contributed by atoms with Crippen LogP contribution >= 0.6 is 11.8 Å². The zero-order chi connectivity index (χ0) is 20.1. The first kappa shape index (κ1) is 19.6. The van der Waals surface area contributed by atoms with E-state index in [1.807, 2.05) is 31.2 Å². The lowest BCUT2D eigenvalue weighted by molar-refractivity contribution is -0.115. The van der Waals surface area contributed by atoms with Crippen molar-refractivity contribution < 1.29 is 14.0 Å². The van der Waals surface area contributed by atoms with Gasteiger partial charge in [0.15, 0.2) is 0 Å². The SMILES string of the molecule is CC(=O)Nc1ccc(NC(=O)[C@@H](C)Sc2nnc(-c3cccc(C)c3)o2)cc1. The van der Waals surface area contributed by atoms with E-state index in [1.165, 1.54) is 18.7 Å². The normalized spacial score (nSPS) is 11.7. The van der Waals surface area contributed by atoms with Crippen LogP contribution in [0.15, 0.2) is 58.2 Å². The molecule has 0 aliphatic carbocycles. The molecular formula is C20H20N4O3S. The fourth-order valence-corrected chi connectivity index (χ4v) is 3.12. The second-order valence-electron chi connectivity index (χ2n) is 6.25. The number of carbonyl (C=O) groups excluding carboxylic acids is 2. The number of carbonyl (C=O) groups is 2. The van der Waals surface area contributed by atoms with E-state index in [0.29, 0.717) is 22.5 Å². The van der Waals surface area contributed by atoms with Crippen LogP contribution in [0.3, 0.4) is 0 Å². The fraction of sp³-hybridized carbons (Fsp3) is 0.200.